The van der Waals surface area contributed by atoms with Gasteiger partial charge in [-0.05, 0) is 19.9 Å². The van der Waals surface area contributed by atoms with Gasteiger partial charge in [0.05, 0.1) is 17.9 Å². The molecule has 0 aromatic carbocycles. The molecule has 2 heterocycles. The van der Waals surface area contributed by atoms with Crippen LogP contribution in [-0.2, 0) is 4.79 Å². The lowest BCUT2D eigenvalue weighted by molar-refractivity contribution is -0.142. The Morgan fingerprint density at radius 1 is 1.50 bits per heavy atom. The minimum Gasteiger partial charge on any atom is -0.481 e. The van der Waals surface area contributed by atoms with Gasteiger partial charge in [-0.1, -0.05) is 11.6 Å². The lowest BCUT2D eigenvalue weighted by atomic mass is 9.96. The van der Waals surface area contributed by atoms with Gasteiger partial charge in [-0.2, -0.15) is 16.7 Å². The lowest BCUT2D eigenvalue weighted by Gasteiger charge is -2.29. The summed E-state index contributed by atoms with van der Waals surface area (Å²) in [6.07, 6.45) is 2.45. The van der Waals surface area contributed by atoms with Gasteiger partial charge >= 0.3 is 5.97 Å². The number of carboxylic acid groups (broad SMARTS) is 1. The Morgan fingerprint density at radius 2 is 2.35 bits per heavy atom. The zero-order chi connectivity index (χ0) is 14.1. The zero-order valence-corrected chi connectivity index (χ0v) is 12.3. The predicted octanol–water partition coefficient (Wildman–Crippen LogP) is 1.76. The number of aliphatic carboxylic acids is 1. The highest BCUT2D eigenvalue weighted by Gasteiger charge is 2.38. The molecular weight excluding hydrogens is 278 g/mol. The highest BCUT2D eigenvalue weighted by molar-refractivity contribution is 7.99. The third-order valence-corrected chi connectivity index (χ3v) is 5.32. The Bertz CT molecular complexity index is 493. The number of carbonyl (C=O) groups is 1. The highest BCUT2D eigenvalue weighted by Crippen LogP contribution is 2.39. The van der Waals surface area contributed by atoms with Crippen molar-refractivity contribution in [1.29, 1.82) is 0 Å². The van der Waals surface area contributed by atoms with E-state index in [-0.39, 0.29) is 17.9 Å². The summed E-state index contributed by atoms with van der Waals surface area (Å²) >= 11 is 1.89. The van der Waals surface area contributed by atoms with Crippen LogP contribution in [0.5, 0.6) is 0 Å². The van der Waals surface area contributed by atoms with Crippen LogP contribution in [0.3, 0.4) is 0 Å². The van der Waals surface area contributed by atoms with Gasteiger partial charge in [0.15, 0.2) is 5.82 Å². The maximum absolute atomic E-state index is 11.2. The molecule has 3 rings (SSSR count). The topological polar surface area (TPSA) is 79.5 Å². The number of thioether (sulfide) groups is 1. The van der Waals surface area contributed by atoms with Crippen LogP contribution in [0, 0.1) is 5.92 Å². The third-order valence-electron chi connectivity index (χ3n) is 4.30. The van der Waals surface area contributed by atoms with E-state index in [1.807, 2.05) is 11.8 Å². The molecular formula is C13H19N3O3S. The van der Waals surface area contributed by atoms with Crippen LogP contribution in [-0.4, -0.2) is 51.2 Å². The fourth-order valence-corrected chi connectivity index (χ4v) is 4.25. The standard InChI is InChI=1S/C13H19N3O3S/c1-16-5-6-20-7-10(16)11-14-12(19-15-11)8-3-2-4-9(8)13(17)18/h8-10H,2-7H2,1H3,(H,17,18). The van der Waals surface area contributed by atoms with Crippen LogP contribution in [0.1, 0.15) is 42.9 Å². The predicted molar refractivity (Wildman–Crippen MR) is 74.7 cm³/mol. The molecule has 1 aliphatic carbocycles. The molecule has 1 aromatic rings. The average molecular weight is 297 g/mol. The smallest absolute Gasteiger partial charge is 0.307 e. The van der Waals surface area contributed by atoms with Gasteiger partial charge in [0.2, 0.25) is 5.89 Å². The Balaban J connectivity index is 1.77. The van der Waals surface area contributed by atoms with Crippen molar-refractivity contribution < 1.29 is 14.4 Å². The monoisotopic (exact) mass is 297 g/mol. The first-order valence-corrected chi connectivity index (χ1v) is 8.16. The summed E-state index contributed by atoms with van der Waals surface area (Å²) in [7, 11) is 2.07. The second kappa shape index (κ2) is 5.73. The third kappa shape index (κ3) is 2.56. The van der Waals surface area contributed by atoms with Crippen LogP contribution >= 0.6 is 11.8 Å². The highest BCUT2D eigenvalue weighted by atomic mass is 32.2. The van der Waals surface area contributed by atoms with E-state index in [0.717, 1.165) is 30.9 Å². The van der Waals surface area contributed by atoms with Crippen molar-refractivity contribution in [2.75, 3.05) is 25.1 Å². The largest absolute Gasteiger partial charge is 0.481 e. The molecule has 6 nitrogen and oxygen atoms in total. The van der Waals surface area contributed by atoms with Crippen molar-refractivity contribution >= 4 is 17.7 Å². The number of hydrogen-bond donors (Lipinski definition) is 1. The van der Waals surface area contributed by atoms with Crippen molar-refractivity contribution in [3.63, 3.8) is 0 Å². The van der Waals surface area contributed by atoms with Crippen molar-refractivity contribution in [2.24, 2.45) is 5.92 Å². The molecule has 0 spiro atoms. The van der Waals surface area contributed by atoms with E-state index in [1.165, 1.54) is 0 Å². The van der Waals surface area contributed by atoms with Crippen LogP contribution in [0.25, 0.3) is 0 Å². The summed E-state index contributed by atoms with van der Waals surface area (Å²) in [6, 6.07) is 0.177. The molecule has 1 saturated heterocycles. The molecule has 1 aliphatic heterocycles. The van der Waals surface area contributed by atoms with Gasteiger partial charge in [0.1, 0.15) is 0 Å². The first-order valence-electron chi connectivity index (χ1n) is 7.01. The molecule has 20 heavy (non-hydrogen) atoms. The summed E-state index contributed by atoms with van der Waals surface area (Å²) in [6.45, 7) is 1.01. The Labute approximate surface area is 121 Å². The quantitative estimate of drug-likeness (QED) is 0.910. The van der Waals surface area contributed by atoms with E-state index in [0.29, 0.717) is 18.1 Å². The number of rotatable bonds is 3. The summed E-state index contributed by atoms with van der Waals surface area (Å²) in [5.74, 6) is 2.05. The maximum atomic E-state index is 11.2. The van der Waals surface area contributed by atoms with Crippen molar-refractivity contribution in [2.45, 2.75) is 31.2 Å². The lowest BCUT2D eigenvalue weighted by Crippen LogP contribution is -2.33. The first-order chi connectivity index (χ1) is 9.66. The Morgan fingerprint density at radius 3 is 3.10 bits per heavy atom. The molecule has 3 unspecified atom stereocenters. The van der Waals surface area contributed by atoms with E-state index >= 15 is 0 Å². The Hall–Kier alpha value is -1.08. The normalized spacial score (nSPS) is 31.6. The van der Waals surface area contributed by atoms with E-state index < -0.39 is 5.97 Å². The van der Waals surface area contributed by atoms with Gasteiger partial charge in [-0.3, -0.25) is 9.69 Å². The van der Waals surface area contributed by atoms with Crippen LogP contribution < -0.4 is 0 Å². The second-order valence-electron chi connectivity index (χ2n) is 5.54. The molecule has 110 valence electrons. The minimum atomic E-state index is -0.752. The average Bonchev–Trinajstić information content (AvgIpc) is 3.07. The number of hydrogen-bond acceptors (Lipinski definition) is 6. The van der Waals surface area contributed by atoms with Gasteiger partial charge < -0.3 is 9.63 Å². The van der Waals surface area contributed by atoms with Gasteiger partial charge in [0.25, 0.3) is 0 Å². The van der Waals surface area contributed by atoms with Crippen molar-refractivity contribution in [3.05, 3.63) is 11.7 Å². The SMILES string of the molecule is CN1CCSCC1c1noc(C2CCCC2C(=O)O)n1. The van der Waals surface area contributed by atoms with Crippen LogP contribution in [0.15, 0.2) is 4.52 Å². The van der Waals surface area contributed by atoms with Gasteiger partial charge in [-0.25, -0.2) is 0 Å². The van der Waals surface area contributed by atoms with Crippen molar-refractivity contribution in [1.82, 2.24) is 15.0 Å². The summed E-state index contributed by atoms with van der Waals surface area (Å²) < 4.78 is 5.37. The number of aromatic nitrogens is 2. The molecule has 2 aliphatic rings. The fourth-order valence-electron chi connectivity index (χ4n) is 3.04. The van der Waals surface area contributed by atoms with E-state index in [1.54, 1.807) is 0 Å². The molecule has 1 aromatic heterocycles. The van der Waals surface area contributed by atoms with E-state index in [4.69, 9.17) is 4.52 Å². The molecule has 0 bridgehead atoms. The maximum Gasteiger partial charge on any atom is 0.307 e. The van der Waals surface area contributed by atoms with Gasteiger partial charge in [-0.15, -0.1) is 0 Å². The fraction of sp³-hybridized carbons (Fsp3) is 0.769. The van der Waals surface area contributed by atoms with Crippen LogP contribution in [0.2, 0.25) is 0 Å². The minimum absolute atomic E-state index is 0.115. The number of nitrogens with zero attached hydrogens (tertiary/aromatic N) is 3. The molecule has 1 N–H and O–H groups in total. The van der Waals surface area contributed by atoms with Crippen molar-refractivity contribution in [3.8, 4) is 0 Å². The van der Waals surface area contributed by atoms with Crippen LogP contribution in [0.4, 0.5) is 0 Å². The molecule has 1 saturated carbocycles. The molecule has 0 amide bonds. The molecule has 2 fully saturated rings. The summed E-state index contributed by atoms with van der Waals surface area (Å²) in [5.41, 5.74) is 0. The molecule has 3 atom stereocenters. The Kier molecular flexibility index (Phi) is 3.98. The van der Waals surface area contributed by atoms with E-state index in [2.05, 4.69) is 22.1 Å². The first kappa shape index (κ1) is 13.9. The van der Waals surface area contributed by atoms with Gasteiger partial charge in [0, 0.05) is 18.1 Å². The zero-order valence-electron chi connectivity index (χ0n) is 11.5. The summed E-state index contributed by atoms with van der Waals surface area (Å²) in [5, 5.41) is 13.3. The molecule has 7 heteroatoms. The molecule has 0 radical (unpaired) electrons. The van der Waals surface area contributed by atoms with E-state index in [9.17, 15) is 9.90 Å². The summed E-state index contributed by atoms with van der Waals surface area (Å²) in [4.78, 5) is 18.0. The number of carboxylic acids is 1. The second-order valence-corrected chi connectivity index (χ2v) is 6.69.